The van der Waals surface area contributed by atoms with Crippen molar-refractivity contribution in [2.45, 2.75) is 153 Å². The van der Waals surface area contributed by atoms with Crippen molar-refractivity contribution in [1.29, 1.82) is 0 Å². The summed E-state index contributed by atoms with van der Waals surface area (Å²) in [7, 11) is 0. The fourth-order valence-corrected chi connectivity index (χ4v) is 14.6. The number of aliphatic hydroxyl groups is 5. The number of benzene rings is 3. The number of aromatic hydroxyl groups is 1. The Morgan fingerprint density at radius 2 is 1.72 bits per heavy atom. The van der Waals surface area contributed by atoms with Crippen LogP contribution in [0.2, 0.25) is 0 Å². The summed E-state index contributed by atoms with van der Waals surface area (Å²) in [5.74, 6) is -2.69. The van der Waals surface area contributed by atoms with Crippen molar-refractivity contribution < 1.29 is 40.2 Å². The molecular formula is C64H87N7O8. The number of amides is 1. The molecule has 4 bridgehead atoms. The predicted molar refractivity (Wildman–Crippen MR) is 310 cm³/mol. The van der Waals surface area contributed by atoms with Crippen molar-refractivity contribution in [2.75, 3.05) is 26.2 Å². The lowest BCUT2D eigenvalue weighted by Gasteiger charge is -2.57. The molecule has 15 heteroatoms. The summed E-state index contributed by atoms with van der Waals surface area (Å²) in [6.07, 6.45) is 9.36. The van der Waals surface area contributed by atoms with Gasteiger partial charge in [-0.3, -0.25) is 19.9 Å². The summed E-state index contributed by atoms with van der Waals surface area (Å²) < 4.78 is 0. The number of aliphatic hydroxyl groups excluding tert-OH is 4. The van der Waals surface area contributed by atoms with Crippen molar-refractivity contribution in [3.05, 3.63) is 159 Å². The first-order valence-corrected chi connectivity index (χ1v) is 28.6. The number of ketones is 1. The number of allylic oxidation sites excluding steroid dienone is 5. The highest BCUT2D eigenvalue weighted by molar-refractivity contribution is 5.98. The number of guanidine groups is 1. The van der Waals surface area contributed by atoms with Crippen molar-refractivity contribution in [3.63, 3.8) is 0 Å². The van der Waals surface area contributed by atoms with Gasteiger partial charge in [-0.05, 0) is 172 Å². The van der Waals surface area contributed by atoms with Gasteiger partial charge in [0.2, 0.25) is 5.91 Å². The number of fused-ring (bicyclic) bond motifs is 4. The smallest absolute Gasteiger partial charge is 0.243 e. The molecule has 15 nitrogen and oxygen atoms in total. The monoisotopic (exact) mass is 1080 g/mol. The lowest BCUT2D eigenvalue weighted by atomic mass is 9.51. The number of hydrogen-bond donors (Lipinski definition) is 12. The van der Waals surface area contributed by atoms with Gasteiger partial charge >= 0.3 is 0 Å². The van der Waals surface area contributed by atoms with Crippen LogP contribution in [-0.2, 0) is 28.9 Å². The number of Topliss-reactive ketones (excluding diaryl/α,β-unsaturated/α-hetero) is 1. The van der Waals surface area contributed by atoms with Crippen LogP contribution in [0.1, 0.15) is 137 Å². The van der Waals surface area contributed by atoms with Gasteiger partial charge in [0.15, 0.2) is 11.7 Å². The van der Waals surface area contributed by atoms with Crippen LogP contribution in [0.4, 0.5) is 0 Å². The number of aliphatic imine (C=N–C) groups is 1. The molecule has 1 spiro atoms. The van der Waals surface area contributed by atoms with E-state index in [1.807, 2.05) is 67.6 Å². The molecular weight excluding hydrogens is 995 g/mol. The molecule has 0 aromatic heterocycles. The Hall–Kier alpha value is -5.75. The van der Waals surface area contributed by atoms with E-state index in [4.69, 9.17) is 17.2 Å². The summed E-state index contributed by atoms with van der Waals surface area (Å²) in [6.45, 7) is 13.0. The van der Waals surface area contributed by atoms with Crippen molar-refractivity contribution in [2.24, 2.45) is 51.3 Å². The molecule has 0 radical (unpaired) electrons. The number of hydrogen-bond acceptors (Lipinski definition) is 12. The molecule has 3 aromatic rings. The van der Waals surface area contributed by atoms with Gasteiger partial charge in [0, 0.05) is 42.8 Å². The fourth-order valence-electron chi connectivity index (χ4n) is 14.6. The van der Waals surface area contributed by atoms with Crippen LogP contribution in [0.25, 0.3) is 0 Å². The van der Waals surface area contributed by atoms with E-state index in [1.165, 1.54) is 5.57 Å². The van der Waals surface area contributed by atoms with E-state index >= 15 is 4.79 Å². The Bertz CT molecular complexity index is 2830. The van der Waals surface area contributed by atoms with Crippen LogP contribution in [0, 0.1) is 29.1 Å². The average molecular weight is 1080 g/mol. The molecule has 3 aromatic carbocycles. The number of carbonyl (C=O) groups is 2. The first-order chi connectivity index (χ1) is 37.8. The van der Waals surface area contributed by atoms with Crippen LogP contribution in [-0.4, -0.2) is 104 Å². The summed E-state index contributed by atoms with van der Waals surface area (Å²) in [5, 5.41) is 82.4. The molecule has 15 N–H and O–H groups in total. The maximum absolute atomic E-state index is 15.2. The van der Waals surface area contributed by atoms with Gasteiger partial charge in [-0.1, -0.05) is 110 Å². The lowest BCUT2D eigenvalue weighted by molar-refractivity contribution is -0.181. The standard InChI is InChI=1S/C64H87N7O8/c1-6-68-53(25-18-37(2)3)38(4)11-7-15-45(36-72)56-44-16-10-27-63(79)28-26-48-39(5)54(75)32-43-14-9-17-49-57(43)58(61(78)71-60(49)65)69-35-55(76)50(51(34-70-62(66)67)42-19-21-46(73)22-20-42)31-41-13-8-12-40(29-41)30-47(74)23-24-52(48)64(63,33-44)59(56)77/h7-9,11-15,17-22,29,44,47,50-53,55-56,58-60,68-69,72-74,76-77,79H,4,6,10,16,23-28,30-36,65H2,1-3,5H3,(H,71,78)(H4,66,67,70)/b11-7+,45-15-,48-39+/t44-,47-,50+,51-,52-,53+,55-,56-,58-,59-,60+,63-,64-/m1/s1. The molecule has 79 heavy (non-hydrogen) atoms. The maximum Gasteiger partial charge on any atom is 0.243 e. The number of β-amino-alcohol motifs (C(OH)–C–C–N with tert-alkyl or cyclic N) is 1. The van der Waals surface area contributed by atoms with E-state index in [-0.39, 0.29) is 55.6 Å². The summed E-state index contributed by atoms with van der Waals surface area (Å²) in [6, 6.07) is 19.2. The molecule has 0 unspecified atom stereocenters. The third-order valence-electron chi connectivity index (χ3n) is 18.5. The molecule has 0 saturated heterocycles. The van der Waals surface area contributed by atoms with Crippen molar-refractivity contribution in [1.82, 2.24) is 16.0 Å². The van der Waals surface area contributed by atoms with Gasteiger partial charge in [0.25, 0.3) is 0 Å². The molecule has 426 valence electrons. The third-order valence-corrected chi connectivity index (χ3v) is 18.5. The number of nitrogens with zero attached hydrogens (tertiary/aromatic N) is 1. The lowest BCUT2D eigenvalue weighted by Crippen LogP contribution is -2.61. The normalized spacial score (nSPS) is 31.4. The first kappa shape index (κ1) is 59.4. The van der Waals surface area contributed by atoms with Crippen LogP contribution >= 0.6 is 0 Å². The summed E-state index contributed by atoms with van der Waals surface area (Å²) in [5.41, 5.74) is 24.6. The Morgan fingerprint density at radius 3 is 2.43 bits per heavy atom. The van der Waals surface area contributed by atoms with E-state index in [0.29, 0.717) is 79.2 Å². The molecule has 2 heterocycles. The second-order valence-corrected chi connectivity index (χ2v) is 23.6. The number of nitrogens with one attached hydrogen (secondary N) is 3. The maximum atomic E-state index is 15.2. The van der Waals surface area contributed by atoms with E-state index in [0.717, 1.165) is 53.6 Å². The van der Waals surface area contributed by atoms with Gasteiger partial charge in [0.1, 0.15) is 18.0 Å². The second kappa shape index (κ2) is 25.8. The highest BCUT2D eigenvalue weighted by Gasteiger charge is 2.68. The zero-order valence-corrected chi connectivity index (χ0v) is 46.7. The molecule has 8 rings (SSSR count). The predicted octanol–water partition coefficient (Wildman–Crippen LogP) is 6.19. The highest BCUT2D eigenvalue weighted by atomic mass is 16.3. The molecule has 3 aliphatic carbocycles. The minimum Gasteiger partial charge on any atom is -0.508 e. The Balaban J connectivity index is 1.21. The molecule has 13 atom stereocenters. The van der Waals surface area contributed by atoms with Crippen molar-refractivity contribution >= 4 is 17.6 Å². The SMILES string of the molecule is C=C(/C=C/C=C(/CO)[C@H]1[C@@H]2CCC[C@@]3(O)CC/C4=C(/C)C(=O)Cc5cccc6c5[C@@H](NC[C@@H](O)[C@H]([C@H](CN=C(N)N)c5ccc(O)cc5)Cc5cccc(c5)C[C@H](O)CC[C@H]4[C@]3(C2)[C@@H]1O)C(=O)N[C@@H]6N)[C@H](CC=C(C)C)NCC. The third kappa shape index (κ3) is 12.9. The number of phenolic OH excluding ortho intramolecular Hbond substituents is 1. The number of phenols is 1. The zero-order valence-electron chi connectivity index (χ0n) is 46.7. The van der Waals surface area contributed by atoms with Crippen molar-refractivity contribution in [3.8, 4) is 5.75 Å². The summed E-state index contributed by atoms with van der Waals surface area (Å²) in [4.78, 5) is 33.8. The highest BCUT2D eigenvalue weighted by Crippen LogP contribution is 2.68. The number of carbonyl (C=O) groups excluding carboxylic acids is 2. The van der Waals surface area contributed by atoms with Gasteiger partial charge in [0.05, 0.1) is 30.5 Å². The van der Waals surface area contributed by atoms with Gasteiger partial charge < -0.3 is 58.5 Å². The second-order valence-electron chi connectivity index (χ2n) is 23.6. The fraction of sp³-hybridized carbons (Fsp3) is 0.516. The number of nitrogens with two attached hydrogens (primary N) is 3. The van der Waals surface area contributed by atoms with Crippen LogP contribution in [0.3, 0.4) is 0 Å². The van der Waals surface area contributed by atoms with Gasteiger partial charge in [-0.2, -0.15) is 0 Å². The Labute approximate surface area is 467 Å². The quantitative estimate of drug-likeness (QED) is 0.0395. The van der Waals surface area contributed by atoms with E-state index < -0.39 is 71.1 Å². The minimum atomic E-state index is -1.30. The molecule has 3 fully saturated rings. The van der Waals surface area contributed by atoms with E-state index in [9.17, 15) is 35.4 Å². The number of rotatable bonds is 13. The average Bonchev–Trinajstić information content (AvgIpc) is 3.75. The minimum absolute atomic E-state index is 0.0297. The number of likely N-dealkylation sites (N-methyl/N-ethyl adjacent to an activating group) is 1. The van der Waals surface area contributed by atoms with Crippen LogP contribution in [0.15, 0.2) is 130 Å². The Morgan fingerprint density at radius 1 is 0.987 bits per heavy atom. The topological polar surface area (TPSA) is 282 Å². The molecule has 5 aliphatic rings. The van der Waals surface area contributed by atoms with Crippen LogP contribution in [0.5, 0.6) is 5.75 Å². The summed E-state index contributed by atoms with van der Waals surface area (Å²) >= 11 is 0. The zero-order chi connectivity index (χ0) is 56.8. The van der Waals surface area contributed by atoms with Crippen LogP contribution < -0.4 is 33.2 Å². The molecule has 2 aliphatic heterocycles. The van der Waals surface area contributed by atoms with Gasteiger partial charge in [-0.15, -0.1) is 0 Å². The van der Waals surface area contributed by atoms with Gasteiger partial charge in [-0.25, -0.2) is 0 Å². The van der Waals surface area contributed by atoms with E-state index in [1.54, 1.807) is 24.3 Å². The largest absolute Gasteiger partial charge is 0.508 e. The van der Waals surface area contributed by atoms with E-state index in [2.05, 4.69) is 54.4 Å². The first-order valence-electron chi connectivity index (χ1n) is 28.6. The Kier molecular flexibility index (Phi) is 19.4. The molecule has 1 amide bonds. The molecule has 3 saturated carbocycles.